The number of benzene rings is 1. The summed E-state index contributed by atoms with van der Waals surface area (Å²) in [6.45, 7) is 4.73. The van der Waals surface area contributed by atoms with Crippen LogP contribution in [0.4, 0.5) is 0 Å². The third-order valence-electron chi connectivity index (χ3n) is 3.00. The van der Waals surface area contributed by atoms with Gasteiger partial charge in [-0.2, -0.15) is 0 Å². The highest BCUT2D eigenvalue weighted by Gasteiger charge is 2.13. The summed E-state index contributed by atoms with van der Waals surface area (Å²) in [7, 11) is 0. The summed E-state index contributed by atoms with van der Waals surface area (Å²) in [5.41, 5.74) is 3.19. The molecule has 0 fully saturated rings. The molecule has 0 saturated heterocycles. The maximum atomic E-state index is 5.70. The van der Waals surface area contributed by atoms with E-state index < -0.39 is 0 Å². The van der Waals surface area contributed by atoms with E-state index in [1.807, 2.05) is 31.2 Å². The normalized spacial score (nSPS) is 10.8. The van der Waals surface area contributed by atoms with Gasteiger partial charge in [0.05, 0.1) is 12.3 Å². The molecule has 0 atom stereocenters. The molecule has 4 heteroatoms. The Morgan fingerprint density at radius 1 is 1.21 bits per heavy atom. The second kappa shape index (κ2) is 4.97. The van der Waals surface area contributed by atoms with Crippen LogP contribution in [0.3, 0.4) is 0 Å². The molecule has 0 unspecified atom stereocenters. The number of para-hydroxylation sites is 1. The van der Waals surface area contributed by atoms with Crippen molar-refractivity contribution in [2.75, 3.05) is 6.61 Å². The Balaban J connectivity index is 2.27. The lowest BCUT2D eigenvalue weighted by Gasteiger charge is -2.10. The van der Waals surface area contributed by atoms with E-state index in [1.54, 1.807) is 17.7 Å². The molecular weight excluding hydrogens is 256 g/mol. The van der Waals surface area contributed by atoms with Gasteiger partial charge in [-0.1, -0.05) is 12.1 Å². The molecule has 19 heavy (non-hydrogen) atoms. The Hall–Kier alpha value is -1.94. The Morgan fingerprint density at radius 2 is 2.05 bits per heavy atom. The Labute approximate surface area is 115 Å². The van der Waals surface area contributed by atoms with Crippen LogP contribution in [0.1, 0.15) is 12.5 Å². The minimum Gasteiger partial charge on any atom is -0.493 e. The maximum absolute atomic E-state index is 5.70. The molecule has 2 aromatic heterocycles. The van der Waals surface area contributed by atoms with Crippen LogP contribution in [0.25, 0.3) is 21.5 Å². The zero-order valence-electron chi connectivity index (χ0n) is 10.9. The predicted molar refractivity (Wildman–Crippen MR) is 78.8 cm³/mol. The first-order chi connectivity index (χ1) is 9.31. The molecule has 0 spiro atoms. The molecule has 96 valence electrons. The van der Waals surface area contributed by atoms with Crippen LogP contribution in [-0.2, 0) is 0 Å². The Morgan fingerprint density at radius 3 is 2.89 bits per heavy atom. The SMILES string of the molecule is CCOc1ccccc1-c1ncnc2scc(C)c12. The van der Waals surface area contributed by atoms with Crippen molar-refractivity contribution < 1.29 is 4.74 Å². The van der Waals surface area contributed by atoms with Crippen molar-refractivity contribution in [3.8, 4) is 17.0 Å². The summed E-state index contributed by atoms with van der Waals surface area (Å²) in [6.07, 6.45) is 1.62. The van der Waals surface area contributed by atoms with Gasteiger partial charge in [-0.3, -0.25) is 0 Å². The van der Waals surface area contributed by atoms with Crippen LogP contribution in [0.5, 0.6) is 5.75 Å². The van der Waals surface area contributed by atoms with Crippen molar-refractivity contribution in [2.45, 2.75) is 13.8 Å². The van der Waals surface area contributed by atoms with E-state index in [-0.39, 0.29) is 0 Å². The van der Waals surface area contributed by atoms with Crippen LogP contribution < -0.4 is 4.74 Å². The molecule has 0 bridgehead atoms. The monoisotopic (exact) mass is 270 g/mol. The van der Waals surface area contributed by atoms with Crippen molar-refractivity contribution in [3.05, 3.63) is 41.5 Å². The van der Waals surface area contributed by atoms with Gasteiger partial charge in [-0.25, -0.2) is 9.97 Å². The molecule has 1 aromatic carbocycles. The van der Waals surface area contributed by atoms with Gasteiger partial charge >= 0.3 is 0 Å². The molecule has 3 aromatic rings. The fraction of sp³-hybridized carbons (Fsp3) is 0.200. The first-order valence-corrected chi connectivity index (χ1v) is 7.10. The van der Waals surface area contributed by atoms with Crippen molar-refractivity contribution in [3.63, 3.8) is 0 Å². The molecule has 3 nitrogen and oxygen atoms in total. The van der Waals surface area contributed by atoms with Gasteiger partial charge in [-0.15, -0.1) is 11.3 Å². The molecule has 0 aliphatic heterocycles. The van der Waals surface area contributed by atoms with Crippen LogP contribution in [0.15, 0.2) is 36.0 Å². The zero-order valence-corrected chi connectivity index (χ0v) is 11.7. The minimum atomic E-state index is 0.647. The van der Waals surface area contributed by atoms with Crippen LogP contribution in [0, 0.1) is 6.92 Å². The summed E-state index contributed by atoms with van der Waals surface area (Å²) >= 11 is 1.65. The van der Waals surface area contributed by atoms with Gasteiger partial charge in [0.15, 0.2) is 0 Å². The van der Waals surface area contributed by atoms with E-state index in [4.69, 9.17) is 4.74 Å². The summed E-state index contributed by atoms with van der Waals surface area (Å²) < 4.78 is 5.70. The second-order valence-electron chi connectivity index (χ2n) is 4.25. The average Bonchev–Trinajstić information content (AvgIpc) is 2.82. The lowest BCUT2D eigenvalue weighted by molar-refractivity contribution is 0.341. The number of nitrogens with zero attached hydrogens (tertiary/aromatic N) is 2. The molecule has 0 amide bonds. The largest absolute Gasteiger partial charge is 0.493 e. The minimum absolute atomic E-state index is 0.647. The average molecular weight is 270 g/mol. The number of aryl methyl sites for hydroxylation is 1. The number of thiophene rings is 1. The molecule has 0 radical (unpaired) electrons. The summed E-state index contributed by atoms with van der Waals surface area (Å²) in [5.74, 6) is 0.871. The van der Waals surface area contributed by atoms with Crippen molar-refractivity contribution in [1.82, 2.24) is 9.97 Å². The topological polar surface area (TPSA) is 35.0 Å². The lowest BCUT2D eigenvalue weighted by atomic mass is 10.1. The standard InChI is InChI=1S/C15H14N2OS/c1-3-18-12-7-5-4-6-11(12)14-13-10(2)8-19-15(13)17-9-16-14/h4-9H,3H2,1-2H3. The van der Waals surface area contributed by atoms with Gasteiger partial charge in [-0.05, 0) is 36.9 Å². The van der Waals surface area contributed by atoms with Crippen molar-refractivity contribution >= 4 is 21.6 Å². The molecule has 3 rings (SSSR count). The van der Waals surface area contributed by atoms with E-state index in [2.05, 4.69) is 22.3 Å². The number of rotatable bonds is 3. The third kappa shape index (κ3) is 2.08. The third-order valence-corrected chi connectivity index (χ3v) is 4.00. The second-order valence-corrected chi connectivity index (χ2v) is 5.11. The van der Waals surface area contributed by atoms with E-state index in [0.717, 1.165) is 27.2 Å². The first-order valence-electron chi connectivity index (χ1n) is 6.22. The molecule has 0 aliphatic carbocycles. The highest BCUT2D eigenvalue weighted by molar-refractivity contribution is 7.17. The molecule has 0 N–H and O–H groups in total. The quantitative estimate of drug-likeness (QED) is 0.719. The fourth-order valence-corrected chi connectivity index (χ4v) is 3.05. The molecule has 2 heterocycles. The van der Waals surface area contributed by atoms with Crippen LogP contribution in [-0.4, -0.2) is 16.6 Å². The lowest BCUT2D eigenvalue weighted by Crippen LogP contribution is -1.95. The fourth-order valence-electron chi connectivity index (χ4n) is 2.17. The summed E-state index contributed by atoms with van der Waals surface area (Å²) in [4.78, 5) is 9.82. The van der Waals surface area contributed by atoms with Crippen LogP contribution >= 0.6 is 11.3 Å². The van der Waals surface area contributed by atoms with E-state index in [1.165, 1.54) is 5.56 Å². The van der Waals surface area contributed by atoms with E-state index in [0.29, 0.717) is 6.61 Å². The van der Waals surface area contributed by atoms with Gasteiger partial charge in [0.2, 0.25) is 0 Å². The Kier molecular flexibility index (Phi) is 3.17. The van der Waals surface area contributed by atoms with Gasteiger partial charge in [0, 0.05) is 10.9 Å². The van der Waals surface area contributed by atoms with E-state index >= 15 is 0 Å². The van der Waals surface area contributed by atoms with Crippen LogP contribution in [0.2, 0.25) is 0 Å². The van der Waals surface area contributed by atoms with Crippen molar-refractivity contribution in [1.29, 1.82) is 0 Å². The Bertz CT molecular complexity index is 721. The zero-order chi connectivity index (χ0) is 13.2. The first kappa shape index (κ1) is 12.1. The molecular formula is C15H14N2OS. The predicted octanol–water partition coefficient (Wildman–Crippen LogP) is 4.07. The number of hydrogen-bond acceptors (Lipinski definition) is 4. The smallest absolute Gasteiger partial charge is 0.128 e. The van der Waals surface area contributed by atoms with Gasteiger partial charge in [0.1, 0.15) is 16.9 Å². The number of ether oxygens (including phenoxy) is 1. The number of fused-ring (bicyclic) bond motifs is 1. The summed E-state index contributed by atoms with van der Waals surface area (Å²) in [6, 6.07) is 8.01. The molecule has 0 aliphatic rings. The number of aromatic nitrogens is 2. The van der Waals surface area contributed by atoms with Crippen molar-refractivity contribution in [2.24, 2.45) is 0 Å². The van der Waals surface area contributed by atoms with Gasteiger partial charge < -0.3 is 4.74 Å². The number of hydrogen-bond donors (Lipinski definition) is 0. The summed E-state index contributed by atoms with van der Waals surface area (Å²) in [5, 5.41) is 3.24. The highest BCUT2D eigenvalue weighted by Crippen LogP contribution is 2.36. The van der Waals surface area contributed by atoms with Gasteiger partial charge in [0.25, 0.3) is 0 Å². The molecule has 0 saturated carbocycles. The van der Waals surface area contributed by atoms with E-state index in [9.17, 15) is 0 Å². The highest BCUT2D eigenvalue weighted by atomic mass is 32.1. The maximum Gasteiger partial charge on any atom is 0.128 e.